The Hall–Kier alpha value is -0.860. The van der Waals surface area contributed by atoms with Crippen LogP contribution in [-0.4, -0.2) is 20.1 Å². The van der Waals surface area contributed by atoms with Crippen LogP contribution in [0.15, 0.2) is 24.3 Å². The number of benzene rings is 1. The highest BCUT2D eigenvalue weighted by molar-refractivity contribution is 5.24. The lowest BCUT2D eigenvalue weighted by atomic mass is 10.1. The van der Waals surface area contributed by atoms with Gasteiger partial charge in [0.2, 0.25) is 0 Å². The van der Waals surface area contributed by atoms with Crippen LogP contribution in [0.25, 0.3) is 0 Å². The predicted molar refractivity (Wildman–Crippen MR) is 61.5 cm³/mol. The Bertz CT molecular complexity index is 254. The van der Waals surface area contributed by atoms with Gasteiger partial charge in [-0.15, -0.1) is 0 Å². The highest BCUT2D eigenvalue weighted by Crippen LogP contribution is 2.12. The number of likely N-dealkylation sites (N-methyl/N-ethyl adjacent to an activating group) is 2. The van der Waals surface area contributed by atoms with Gasteiger partial charge >= 0.3 is 0 Å². The Morgan fingerprint density at radius 1 is 1.21 bits per heavy atom. The van der Waals surface area contributed by atoms with Gasteiger partial charge in [0, 0.05) is 12.6 Å². The Kier molecular flexibility index (Phi) is 4.63. The lowest BCUT2D eigenvalue weighted by Gasteiger charge is -2.16. The minimum absolute atomic E-state index is 0.413. The number of hydrogen-bond acceptors (Lipinski definition) is 2. The normalized spacial score (nSPS) is 12.8. The quantitative estimate of drug-likeness (QED) is 0.744. The molecular weight excluding hydrogens is 172 g/mol. The zero-order valence-electron chi connectivity index (χ0n) is 9.30. The van der Waals surface area contributed by atoms with E-state index in [0.29, 0.717) is 6.04 Å². The van der Waals surface area contributed by atoms with Crippen molar-refractivity contribution in [2.75, 3.05) is 20.1 Å². The molecular formula is C12H20N2. The lowest BCUT2D eigenvalue weighted by molar-refractivity contribution is 0.538. The van der Waals surface area contributed by atoms with Crippen molar-refractivity contribution in [3.8, 4) is 0 Å². The van der Waals surface area contributed by atoms with Crippen molar-refractivity contribution in [1.29, 1.82) is 0 Å². The Labute approximate surface area is 86.7 Å². The van der Waals surface area contributed by atoms with E-state index in [9.17, 15) is 0 Å². The average Bonchev–Trinajstić information content (AvgIpc) is 2.21. The first-order valence-corrected chi connectivity index (χ1v) is 5.22. The maximum Gasteiger partial charge on any atom is 0.0444 e. The van der Waals surface area contributed by atoms with Crippen LogP contribution in [0.1, 0.15) is 24.1 Å². The van der Waals surface area contributed by atoms with Crippen molar-refractivity contribution in [2.24, 2.45) is 0 Å². The minimum atomic E-state index is 0.413. The van der Waals surface area contributed by atoms with E-state index in [-0.39, 0.29) is 0 Å². The van der Waals surface area contributed by atoms with Gasteiger partial charge in [-0.25, -0.2) is 0 Å². The molecule has 0 bridgehead atoms. The third-order valence-electron chi connectivity index (χ3n) is 2.43. The molecule has 2 nitrogen and oxygen atoms in total. The SMILES string of the molecule is CCNCC(NC)c1ccc(C)cc1. The fourth-order valence-corrected chi connectivity index (χ4v) is 1.47. The standard InChI is InChI=1S/C12H20N2/c1-4-14-9-12(13-3)11-7-5-10(2)6-8-11/h5-8,12-14H,4,9H2,1-3H3. The predicted octanol–water partition coefficient (Wildman–Crippen LogP) is 1.87. The van der Waals surface area contributed by atoms with E-state index in [4.69, 9.17) is 0 Å². The van der Waals surface area contributed by atoms with Crippen LogP contribution in [0.4, 0.5) is 0 Å². The van der Waals surface area contributed by atoms with Gasteiger partial charge in [0.1, 0.15) is 0 Å². The maximum absolute atomic E-state index is 3.35. The van der Waals surface area contributed by atoms with E-state index in [2.05, 4.69) is 48.7 Å². The number of nitrogens with one attached hydrogen (secondary N) is 2. The van der Waals surface area contributed by atoms with Crippen LogP contribution in [0.2, 0.25) is 0 Å². The smallest absolute Gasteiger partial charge is 0.0444 e. The molecule has 2 N–H and O–H groups in total. The largest absolute Gasteiger partial charge is 0.315 e. The summed E-state index contributed by atoms with van der Waals surface area (Å²) in [5.74, 6) is 0. The first kappa shape index (κ1) is 11.2. The van der Waals surface area contributed by atoms with Crippen LogP contribution < -0.4 is 10.6 Å². The van der Waals surface area contributed by atoms with Crippen LogP contribution in [-0.2, 0) is 0 Å². The summed E-state index contributed by atoms with van der Waals surface area (Å²) in [5, 5.41) is 6.66. The van der Waals surface area contributed by atoms with E-state index in [0.717, 1.165) is 13.1 Å². The molecule has 2 heteroatoms. The first-order chi connectivity index (χ1) is 6.77. The van der Waals surface area contributed by atoms with Gasteiger partial charge in [0.25, 0.3) is 0 Å². The van der Waals surface area contributed by atoms with Crippen molar-refractivity contribution in [2.45, 2.75) is 19.9 Å². The summed E-state index contributed by atoms with van der Waals surface area (Å²) in [7, 11) is 2.00. The summed E-state index contributed by atoms with van der Waals surface area (Å²) in [6.07, 6.45) is 0. The van der Waals surface area contributed by atoms with Crippen molar-refractivity contribution < 1.29 is 0 Å². The first-order valence-electron chi connectivity index (χ1n) is 5.22. The second-order valence-corrected chi connectivity index (χ2v) is 3.56. The van der Waals surface area contributed by atoms with Crippen LogP contribution in [0.3, 0.4) is 0 Å². The molecule has 0 aromatic heterocycles. The molecule has 1 unspecified atom stereocenters. The number of rotatable bonds is 5. The second-order valence-electron chi connectivity index (χ2n) is 3.56. The van der Waals surface area contributed by atoms with Gasteiger partial charge < -0.3 is 10.6 Å². The molecule has 1 aromatic carbocycles. The van der Waals surface area contributed by atoms with Crippen LogP contribution >= 0.6 is 0 Å². The van der Waals surface area contributed by atoms with Crippen molar-refractivity contribution in [3.63, 3.8) is 0 Å². The van der Waals surface area contributed by atoms with Gasteiger partial charge in [-0.3, -0.25) is 0 Å². The Balaban J connectivity index is 2.64. The molecule has 0 spiro atoms. The molecule has 78 valence electrons. The van der Waals surface area contributed by atoms with Gasteiger partial charge in [-0.05, 0) is 26.1 Å². The monoisotopic (exact) mass is 192 g/mol. The third-order valence-corrected chi connectivity index (χ3v) is 2.43. The van der Waals surface area contributed by atoms with Gasteiger partial charge in [-0.1, -0.05) is 36.8 Å². The molecule has 0 heterocycles. The molecule has 0 saturated heterocycles. The van der Waals surface area contributed by atoms with Crippen molar-refractivity contribution >= 4 is 0 Å². The van der Waals surface area contributed by atoms with Gasteiger partial charge in [0.05, 0.1) is 0 Å². The van der Waals surface area contributed by atoms with Crippen molar-refractivity contribution in [3.05, 3.63) is 35.4 Å². The molecule has 0 fully saturated rings. The topological polar surface area (TPSA) is 24.1 Å². The van der Waals surface area contributed by atoms with Gasteiger partial charge in [0.15, 0.2) is 0 Å². The van der Waals surface area contributed by atoms with Gasteiger partial charge in [-0.2, -0.15) is 0 Å². The molecule has 0 saturated carbocycles. The maximum atomic E-state index is 3.35. The van der Waals surface area contributed by atoms with E-state index in [1.807, 2.05) is 7.05 Å². The third kappa shape index (κ3) is 3.13. The Morgan fingerprint density at radius 3 is 2.36 bits per heavy atom. The molecule has 0 aliphatic rings. The highest BCUT2D eigenvalue weighted by Gasteiger charge is 2.06. The van der Waals surface area contributed by atoms with E-state index in [1.165, 1.54) is 11.1 Å². The fraction of sp³-hybridized carbons (Fsp3) is 0.500. The summed E-state index contributed by atoms with van der Waals surface area (Å²) < 4.78 is 0. The van der Waals surface area contributed by atoms with Crippen molar-refractivity contribution in [1.82, 2.24) is 10.6 Å². The molecule has 0 radical (unpaired) electrons. The molecule has 0 amide bonds. The summed E-state index contributed by atoms with van der Waals surface area (Å²) in [4.78, 5) is 0. The number of hydrogen-bond donors (Lipinski definition) is 2. The van der Waals surface area contributed by atoms with Crippen LogP contribution in [0, 0.1) is 6.92 Å². The number of aryl methyl sites for hydroxylation is 1. The van der Waals surface area contributed by atoms with E-state index in [1.54, 1.807) is 0 Å². The van der Waals surface area contributed by atoms with E-state index < -0.39 is 0 Å². The summed E-state index contributed by atoms with van der Waals surface area (Å²) in [6.45, 7) is 6.24. The zero-order valence-corrected chi connectivity index (χ0v) is 9.30. The molecule has 1 atom stereocenters. The molecule has 0 aliphatic heterocycles. The fourth-order valence-electron chi connectivity index (χ4n) is 1.47. The van der Waals surface area contributed by atoms with Crippen LogP contribution in [0.5, 0.6) is 0 Å². The lowest BCUT2D eigenvalue weighted by Crippen LogP contribution is -2.29. The average molecular weight is 192 g/mol. The summed E-state index contributed by atoms with van der Waals surface area (Å²) >= 11 is 0. The second kappa shape index (κ2) is 5.78. The van der Waals surface area contributed by atoms with E-state index >= 15 is 0 Å². The molecule has 14 heavy (non-hydrogen) atoms. The molecule has 1 aromatic rings. The minimum Gasteiger partial charge on any atom is -0.315 e. The summed E-state index contributed by atoms with van der Waals surface area (Å²) in [5.41, 5.74) is 2.66. The molecule has 1 rings (SSSR count). The molecule has 0 aliphatic carbocycles. The Morgan fingerprint density at radius 2 is 1.86 bits per heavy atom. The zero-order chi connectivity index (χ0) is 10.4. The highest BCUT2D eigenvalue weighted by atomic mass is 15.0. The summed E-state index contributed by atoms with van der Waals surface area (Å²) in [6, 6.07) is 9.11.